The third-order valence-electron chi connectivity index (χ3n) is 3.56. The number of carbonyl (C=O) groups excluding carboxylic acids is 3. The van der Waals surface area contributed by atoms with Gasteiger partial charge in [0.25, 0.3) is 11.6 Å². The normalized spacial score (nSPS) is 10.6. The van der Waals surface area contributed by atoms with Crippen LogP contribution in [0.4, 0.5) is 21.9 Å². The van der Waals surface area contributed by atoms with Gasteiger partial charge in [0.15, 0.2) is 6.61 Å². The van der Waals surface area contributed by atoms with Crippen molar-refractivity contribution in [3.8, 4) is 0 Å². The van der Waals surface area contributed by atoms with E-state index in [0.29, 0.717) is 5.69 Å². The lowest BCUT2D eigenvalue weighted by Gasteiger charge is -2.20. The smallest absolute Gasteiger partial charge is 0.338 e. The number of nitro groups is 1. The molecule has 3 N–H and O–H groups in total. The van der Waals surface area contributed by atoms with Crippen molar-refractivity contribution in [2.45, 2.75) is 26.3 Å². The van der Waals surface area contributed by atoms with Crippen LogP contribution in [0.2, 0.25) is 0 Å². The predicted molar refractivity (Wildman–Crippen MR) is 110 cm³/mol. The summed E-state index contributed by atoms with van der Waals surface area (Å²) in [4.78, 5) is 46.3. The summed E-state index contributed by atoms with van der Waals surface area (Å²) in [5, 5.41) is 18.8. The molecule has 0 aliphatic rings. The fraction of sp³-hybridized carbons (Fsp3) is 0.250. The number of nitrogens with zero attached hydrogens (tertiary/aromatic N) is 1. The monoisotopic (exact) mass is 414 g/mol. The molecule has 2 aromatic carbocycles. The van der Waals surface area contributed by atoms with Crippen molar-refractivity contribution in [3.63, 3.8) is 0 Å². The lowest BCUT2D eigenvalue weighted by atomic mass is 10.1. The van der Waals surface area contributed by atoms with Crippen LogP contribution in [0, 0.1) is 10.1 Å². The molecule has 30 heavy (non-hydrogen) atoms. The molecule has 0 fully saturated rings. The third kappa shape index (κ3) is 6.89. The number of benzene rings is 2. The van der Waals surface area contributed by atoms with Gasteiger partial charge < -0.3 is 15.4 Å². The summed E-state index contributed by atoms with van der Waals surface area (Å²) in [6, 6.07) is 11.9. The second-order valence-electron chi connectivity index (χ2n) is 7.31. The average Bonchev–Trinajstić information content (AvgIpc) is 2.65. The van der Waals surface area contributed by atoms with Crippen molar-refractivity contribution in [2.24, 2.45) is 0 Å². The van der Waals surface area contributed by atoms with Gasteiger partial charge in [0, 0.05) is 17.3 Å². The second-order valence-corrected chi connectivity index (χ2v) is 7.31. The quantitative estimate of drug-likeness (QED) is 0.375. The molecule has 0 saturated carbocycles. The zero-order valence-corrected chi connectivity index (χ0v) is 16.7. The molecule has 0 atom stereocenters. The first-order valence-electron chi connectivity index (χ1n) is 8.95. The van der Waals surface area contributed by atoms with E-state index in [0.717, 1.165) is 6.07 Å². The summed E-state index contributed by atoms with van der Waals surface area (Å²) in [7, 11) is 0. The summed E-state index contributed by atoms with van der Waals surface area (Å²) in [5.74, 6) is -1.77. The number of hydrogen-bond acceptors (Lipinski definition) is 7. The Morgan fingerprint density at radius 1 is 1.07 bits per heavy atom. The lowest BCUT2D eigenvalue weighted by molar-refractivity contribution is -0.383. The van der Waals surface area contributed by atoms with Gasteiger partial charge in [-0.2, -0.15) is 0 Å². The van der Waals surface area contributed by atoms with Crippen LogP contribution < -0.4 is 16.0 Å². The number of urea groups is 1. The van der Waals surface area contributed by atoms with Crippen molar-refractivity contribution >= 4 is 35.0 Å². The number of imide groups is 1. The Bertz CT molecular complexity index is 954. The highest BCUT2D eigenvalue weighted by atomic mass is 16.6. The summed E-state index contributed by atoms with van der Waals surface area (Å²) < 4.78 is 4.84. The van der Waals surface area contributed by atoms with Gasteiger partial charge >= 0.3 is 12.0 Å². The van der Waals surface area contributed by atoms with E-state index < -0.39 is 35.0 Å². The van der Waals surface area contributed by atoms with Crippen molar-refractivity contribution in [2.75, 3.05) is 11.9 Å². The lowest BCUT2D eigenvalue weighted by Crippen LogP contribution is -2.49. The number of rotatable bonds is 6. The van der Waals surface area contributed by atoms with Crippen LogP contribution in [-0.2, 0) is 9.53 Å². The molecule has 158 valence electrons. The Morgan fingerprint density at radius 3 is 2.33 bits per heavy atom. The van der Waals surface area contributed by atoms with E-state index in [4.69, 9.17) is 4.74 Å². The van der Waals surface area contributed by atoms with Crippen LogP contribution in [0.15, 0.2) is 48.5 Å². The summed E-state index contributed by atoms with van der Waals surface area (Å²) in [5.41, 5.74) is -0.148. The fourth-order valence-electron chi connectivity index (χ4n) is 2.34. The first kappa shape index (κ1) is 22.3. The number of amides is 3. The summed E-state index contributed by atoms with van der Waals surface area (Å²) in [6.07, 6.45) is 0. The van der Waals surface area contributed by atoms with Gasteiger partial charge in [-0.15, -0.1) is 0 Å². The maximum Gasteiger partial charge on any atom is 0.338 e. The molecule has 0 heterocycles. The highest BCUT2D eigenvalue weighted by Crippen LogP contribution is 2.28. The zero-order valence-electron chi connectivity index (χ0n) is 16.7. The summed E-state index contributed by atoms with van der Waals surface area (Å²) in [6.45, 7) is 4.50. The van der Waals surface area contributed by atoms with E-state index in [9.17, 15) is 24.5 Å². The maximum atomic E-state index is 12.2. The molecule has 0 unspecified atom stereocenters. The Morgan fingerprint density at radius 2 is 1.73 bits per heavy atom. The molecule has 0 radical (unpaired) electrons. The first-order valence-corrected chi connectivity index (χ1v) is 8.95. The number of para-hydroxylation sites is 1. The third-order valence-corrected chi connectivity index (χ3v) is 3.56. The highest BCUT2D eigenvalue weighted by Gasteiger charge is 2.20. The predicted octanol–water partition coefficient (Wildman–Crippen LogP) is 3.12. The van der Waals surface area contributed by atoms with Crippen LogP contribution >= 0.6 is 0 Å². The highest BCUT2D eigenvalue weighted by molar-refractivity contribution is 5.97. The molecule has 0 bridgehead atoms. The van der Waals surface area contributed by atoms with Crippen LogP contribution in [0.5, 0.6) is 0 Å². The van der Waals surface area contributed by atoms with Crippen molar-refractivity contribution < 1.29 is 24.0 Å². The molecule has 0 spiro atoms. The number of ether oxygens (including phenoxy) is 1. The number of nitrogens with one attached hydrogen (secondary N) is 3. The molecule has 0 aliphatic heterocycles. The molecule has 10 nitrogen and oxygen atoms in total. The van der Waals surface area contributed by atoms with Gasteiger partial charge in [-0.1, -0.05) is 18.2 Å². The van der Waals surface area contributed by atoms with Gasteiger partial charge in [0.1, 0.15) is 5.69 Å². The molecule has 0 saturated heterocycles. The minimum Gasteiger partial charge on any atom is -0.452 e. The SMILES string of the molecule is CC(C)(C)NC(=O)NC(=O)COC(=O)c1ccc(Nc2ccccc2)c([N+](=O)[O-])c1. The first-order chi connectivity index (χ1) is 14.0. The second kappa shape index (κ2) is 9.50. The molecular weight excluding hydrogens is 392 g/mol. The molecule has 2 rings (SSSR count). The van der Waals surface area contributed by atoms with Gasteiger partial charge in [-0.3, -0.25) is 20.2 Å². The number of carbonyl (C=O) groups is 3. The van der Waals surface area contributed by atoms with E-state index in [1.54, 1.807) is 45.0 Å². The summed E-state index contributed by atoms with van der Waals surface area (Å²) >= 11 is 0. The largest absolute Gasteiger partial charge is 0.452 e. The molecule has 0 aliphatic carbocycles. The molecular formula is C20H22N4O6. The van der Waals surface area contributed by atoms with Gasteiger partial charge in [0.05, 0.1) is 10.5 Å². The van der Waals surface area contributed by atoms with Crippen LogP contribution in [0.3, 0.4) is 0 Å². The van der Waals surface area contributed by atoms with Gasteiger partial charge in [-0.25, -0.2) is 9.59 Å². The Labute approximate surface area is 172 Å². The molecule has 10 heteroatoms. The van der Waals surface area contributed by atoms with E-state index in [-0.39, 0.29) is 16.9 Å². The van der Waals surface area contributed by atoms with Gasteiger partial charge in [-0.05, 0) is 45.0 Å². The van der Waals surface area contributed by atoms with Crippen molar-refractivity contribution in [1.82, 2.24) is 10.6 Å². The van der Waals surface area contributed by atoms with E-state index in [1.165, 1.54) is 12.1 Å². The standard InChI is InChI=1S/C20H22N4O6/c1-20(2,3)23-19(27)22-17(25)12-30-18(26)13-9-10-15(16(11-13)24(28)29)21-14-7-5-4-6-8-14/h4-11,21H,12H2,1-3H3,(H2,22,23,25,27). The minimum absolute atomic E-state index is 0.104. The molecule has 0 aromatic heterocycles. The molecule has 2 aromatic rings. The number of nitro benzene ring substituents is 1. The van der Waals surface area contributed by atoms with Crippen molar-refractivity contribution in [1.29, 1.82) is 0 Å². The number of esters is 1. The average molecular weight is 414 g/mol. The van der Waals surface area contributed by atoms with Crippen LogP contribution in [-0.4, -0.2) is 35.0 Å². The number of anilines is 2. The van der Waals surface area contributed by atoms with Crippen molar-refractivity contribution in [3.05, 3.63) is 64.2 Å². The number of hydrogen-bond donors (Lipinski definition) is 3. The Hall–Kier alpha value is -3.95. The van der Waals surface area contributed by atoms with E-state index in [2.05, 4.69) is 10.6 Å². The van der Waals surface area contributed by atoms with E-state index in [1.807, 2.05) is 11.4 Å². The van der Waals surface area contributed by atoms with Crippen LogP contribution in [0.1, 0.15) is 31.1 Å². The Balaban J connectivity index is 2.02. The zero-order chi connectivity index (χ0) is 22.3. The maximum absolute atomic E-state index is 12.2. The fourth-order valence-corrected chi connectivity index (χ4v) is 2.34. The molecule has 3 amide bonds. The van der Waals surface area contributed by atoms with Crippen LogP contribution in [0.25, 0.3) is 0 Å². The topological polar surface area (TPSA) is 140 Å². The van der Waals surface area contributed by atoms with Gasteiger partial charge in [0.2, 0.25) is 0 Å². The minimum atomic E-state index is -0.934. The Kier molecular flexibility index (Phi) is 7.08. The van der Waals surface area contributed by atoms with E-state index >= 15 is 0 Å².